The number of aromatic nitrogens is 2. The summed E-state index contributed by atoms with van der Waals surface area (Å²) in [6.07, 6.45) is -3.34. The quantitative estimate of drug-likeness (QED) is 0.898. The number of hydrogen-bond donors (Lipinski definition) is 2. The van der Waals surface area contributed by atoms with Crippen LogP contribution in [-0.4, -0.2) is 20.8 Å². The third-order valence-electron chi connectivity index (χ3n) is 2.74. The van der Waals surface area contributed by atoms with Crippen molar-refractivity contribution in [2.45, 2.75) is 12.9 Å². The van der Waals surface area contributed by atoms with Crippen molar-refractivity contribution in [1.82, 2.24) is 9.78 Å². The molecule has 0 aliphatic heterocycles. The fourth-order valence-electron chi connectivity index (χ4n) is 1.62. The Bertz CT molecular complexity index is 739. The zero-order valence-electron chi connectivity index (χ0n) is 11.0. The van der Waals surface area contributed by atoms with Gasteiger partial charge in [0.25, 0.3) is 11.5 Å². The highest BCUT2D eigenvalue weighted by Gasteiger charge is 2.30. The summed E-state index contributed by atoms with van der Waals surface area (Å²) in [5.41, 5.74) is -1.43. The van der Waals surface area contributed by atoms with Crippen molar-refractivity contribution in [3.05, 3.63) is 58.0 Å². The van der Waals surface area contributed by atoms with Crippen LogP contribution in [0.4, 0.5) is 18.9 Å². The molecule has 1 aromatic carbocycles. The van der Waals surface area contributed by atoms with Crippen LogP contribution in [0.3, 0.4) is 0 Å². The summed E-state index contributed by atoms with van der Waals surface area (Å²) < 4.78 is 38.0. The number of nitrogens with zero attached hydrogens (tertiary/aromatic N) is 2. The van der Waals surface area contributed by atoms with Gasteiger partial charge in [0, 0.05) is 11.6 Å². The summed E-state index contributed by atoms with van der Waals surface area (Å²) in [5, 5.41) is 14.7. The number of nitrogens with one attached hydrogen (secondary N) is 1. The van der Waals surface area contributed by atoms with E-state index in [9.17, 15) is 22.8 Å². The van der Waals surface area contributed by atoms with E-state index in [4.69, 9.17) is 5.11 Å². The van der Waals surface area contributed by atoms with Crippen LogP contribution in [0.5, 0.6) is 0 Å². The minimum absolute atomic E-state index is 0.000614. The molecule has 6 nitrogen and oxygen atoms in total. The first-order chi connectivity index (χ1) is 10.3. The summed E-state index contributed by atoms with van der Waals surface area (Å²) in [6, 6.07) is 4.67. The van der Waals surface area contributed by atoms with E-state index in [0.717, 1.165) is 41.2 Å². The molecule has 0 fully saturated rings. The van der Waals surface area contributed by atoms with Crippen molar-refractivity contribution in [1.29, 1.82) is 0 Å². The Morgan fingerprint density at radius 3 is 2.41 bits per heavy atom. The number of carbonyl (C=O) groups excluding carboxylic acids is 1. The first kappa shape index (κ1) is 15.7. The Balaban J connectivity index is 2.15. The summed E-state index contributed by atoms with van der Waals surface area (Å²) in [6.45, 7) is -0.605. The van der Waals surface area contributed by atoms with Crippen molar-refractivity contribution in [3.63, 3.8) is 0 Å². The van der Waals surface area contributed by atoms with Gasteiger partial charge in [0.15, 0.2) is 0 Å². The molecular weight excluding hydrogens is 303 g/mol. The molecule has 0 spiro atoms. The monoisotopic (exact) mass is 313 g/mol. The van der Waals surface area contributed by atoms with Gasteiger partial charge in [0.05, 0.1) is 17.4 Å². The van der Waals surface area contributed by atoms with Gasteiger partial charge in [0.1, 0.15) is 6.73 Å². The molecule has 2 N–H and O–H groups in total. The van der Waals surface area contributed by atoms with Gasteiger partial charge in [0.2, 0.25) is 0 Å². The lowest BCUT2D eigenvalue weighted by atomic mass is 10.1. The second-order valence-corrected chi connectivity index (χ2v) is 4.25. The molecule has 0 radical (unpaired) electrons. The number of aliphatic hydroxyl groups is 1. The number of amides is 1. The first-order valence-electron chi connectivity index (χ1n) is 5.98. The Morgan fingerprint density at radius 2 is 1.91 bits per heavy atom. The molecule has 2 aromatic rings. The maximum Gasteiger partial charge on any atom is 0.416 e. The number of carbonyl (C=O) groups is 1. The highest BCUT2D eigenvalue weighted by atomic mass is 19.4. The largest absolute Gasteiger partial charge is 0.416 e. The lowest BCUT2D eigenvalue weighted by molar-refractivity contribution is -0.137. The number of halogens is 3. The fraction of sp³-hybridized carbons (Fsp3) is 0.154. The van der Waals surface area contributed by atoms with E-state index in [2.05, 4.69) is 10.4 Å². The van der Waals surface area contributed by atoms with Gasteiger partial charge >= 0.3 is 6.18 Å². The molecule has 9 heteroatoms. The minimum atomic E-state index is -4.48. The number of anilines is 1. The average Bonchev–Trinajstić information content (AvgIpc) is 2.46. The van der Waals surface area contributed by atoms with Gasteiger partial charge in [-0.25, -0.2) is 4.68 Å². The van der Waals surface area contributed by atoms with Gasteiger partial charge in [-0.1, -0.05) is 0 Å². The van der Waals surface area contributed by atoms with Crippen LogP contribution in [0, 0.1) is 0 Å². The second-order valence-electron chi connectivity index (χ2n) is 4.25. The Morgan fingerprint density at radius 1 is 1.27 bits per heavy atom. The molecule has 0 aliphatic carbocycles. The second kappa shape index (κ2) is 5.98. The number of rotatable bonds is 3. The maximum absolute atomic E-state index is 12.4. The predicted molar refractivity (Wildman–Crippen MR) is 70.1 cm³/mol. The van der Waals surface area contributed by atoms with Gasteiger partial charge in [-0.05, 0) is 24.3 Å². The van der Waals surface area contributed by atoms with Gasteiger partial charge < -0.3 is 10.4 Å². The topological polar surface area (TPSA) is 84.2 Å². The van der Waals surface area contributed by atoms with E-state index in [1.54, 1.807) is 0 Å². The Labute approximate surface area is 121 Å². The van der Waals surface area contributed by atoms with Gasteiger partial charge in [-0.15, -0.1) is 0 Å². The van der Waals surface area contributed by atoms with Crippen molar-refractivity contribution in [2.24, 2.45) is 0 Å². The lowest BCUT2D eigenvalue weighted by Gasteiger charge is -2.08. The van der Waals surface area contributed by atoms with Crippen molar-refractivity contribution in [3.8, 4) is 0 Å². The van der Waals surface area contributed by atoms with Crippen LogP contribution in [0.1, 0.15) is 15.9 Å². The van der Waals surface area contributed by atoms with Crippen molar-refractivity contribution < 1.29 is 23.1 Å². The fourth-order valence-corrected chi connectivity index (χ4v) is 1.62. The highest BCUT2D eigenvalue weighted by Crippen LogP contribution is 2.29. The number of hydrogen-bond acceptors (Lipinski definition) is 4. The summed E-state index contributed by atoms with van der Waals surface area (Å²) >= 11 is 0. The number of aliphatic hydroxyl groups excluding tert-OH is 1. The van der Waals surface area contributed by atoms with Crippen LogP contribution < -0.4 is 10.9 Å². The van der Waals surface area contributed by atoms with E-state index in [0.29, 0.717) is 0 Å². The third-order valence-corrected chi connectivity index (χ3v) is 2.74. The SMILES string of the molecule is O=C(Nc1cnn(CO)c(=O)c1)c1ccc(C(F)(F)F)cc1. The molecular formula is C13H10F3N3O3. The third kappa shape index (κ3) is 3.50. The summed E-state index contributed by atoms with van der Waals surface area (Å²) in [4.78, 5) is 23.3. The Hall–Kier alpha value is -2.68. The number of benzene rings is 1. The first-order valence-corrected chi connectivity index (χ1v) is 5.98. The molecule has 1 aromatic heterocycles. The molecule has 0 unspecified atom stereocenters. The minimum Gasteiger partial charge on any atom is -0.374 e. The maximum atomic E-state index is 12.4. The predicted octanol–water partition coefficient (Wildman–Crippen LogP) is 1.46. The van der Waals surface area contributed by atoms with E-state index in [-0.39, 0.29) is 11.3 Å². The van der Waals surface area contributed by atoms with Crippen LogP contribution in [0.25, 0.3) is 0 Å². The molecule has 0 saturated heterocycles. The summed E-state index contributed by atoms with van der Waals surface area (Å²) in [7, 11) is 0. The molecule has 1 amide bonds. The molecule has 0 saturated carbocycles. The standard InChI is InChI=1S/C13H10F3N3O3/c14-13(15,16)9-3-1-8(2-4-9)12(22)18-10-5-11(21)19(7-20)17-6-10/h1-6,20H,7H2,(H,18,22). The van der Waals surface area contributed by atoms with E-state index in [1.165, 1.54) is 0 Å². The van der Waals surface area contributed by atoms with E-state index in [1.807, 2.05) is 0 Å². The Kier molecular flexibility index (Phi) is 4.27. The molecule has 116 valence electrons. The molecule has 0 aliphatic rings. The van der Waals surface area contributed by atoms with E-state index < -0.39 is 29.9 Å². The zero-order chi connectivity index (χ0) is 16.3. The molecule has 0 bridgehead atoms. The highest BCUT2D eigenvalue weighted by molar-refractivity contribution is 6.04. The van der Waals surface area contributed by atoms with Crippen LogP contribution in [0.15, 0.2) is 41.3 Å². The molecule has 0 atom stereocenters. The molecule has 22 heavy (non-hydrogen) atoms. The van der Waals surface area contributed by atoms with Crippen LogP contribution in [0.2, 0.25) is 0 Å². The average molecular weight is 313 g/mol. The van der Waals surface area contributed by atoms with Gasteiger partial charge in [-0.2, -0.15) is 18.3 Å². The van der Waals surface area contributed by atoms with E-state index >= 15 is 0 Å². The summed E-state index contributed by atoms with van der Waals surface area (Å²) in [5.74, 6) is -0.684. The molecule has 1 heterocycles. The smallest absolute Gasteiger partial charge is 0.374 e. The van der Waals surface area contributed by atoms with Crippen LogP contribution in [-0.2, 0) is 12.9 Å². The molecule has 2 rings (SSSR count). The zero-order valence-corrected chi connectivity index (χ0v) is 11.0. The normalized spacial score (nSPS) is 11.3. The lowest BCUT2D eigenvalue weighted by Crippen LogP contribution is -2.23. The van der Waals surface area contributed by atoms with Gasteiger partial charge in [-0.3, -0.25) is 9.59 Å². The van der Waals surface area contributed by atoms with Crippen molar-refractivity contribution in [2.75, 3.05) is 5.32 Å². The number of alkyl halides is 3. The van der Waals surface area contributed by atoms with Crippen LogP contribution >= 0.6 is 0 Å². The van der Waals surface area contributed by atoms with Crippen molar-refractivity contribution >= 4 is 11.6 Å².